The first-order chi connectivity index (χ1) is 18.9. The zero-order valence-corrected chi connectivity index (χ0v) is 24.0. The summed E-state index contributed by atoms with van der Waals surface area (Å²) in [6.07, 6.45) is -1.63. The highest BCUT2D eigenvalue weighted by Gasteiger charge is 2.36. The minimum Gasteiger partial charge on any atom is -0.393 e. The molecule has 0 radical (unpaired) electrons. The van der Waals surface area contributed by atoms with Crippen molar-refractivity contribution >= 4 is 34.8 Å². The summed E-state index contributed by atoms with van der Waals surface area (Å²) in [7, 11) is 2.10. The van der Waals surface area contributed by atoms with E-state index in [2.05, 4.69) is 54.3 Å². The average molecular weight is 573 g/mol. The fourth-order valence-electron chi connectivity index (χ4n) is 5.36. The SMILES string of the molecule is CC(O)CSc1nc2c(c(Nc3ccc4c(c3)N(C)CCC4(C)C)n1)CCN(c1ncccc1C(F)(F)F)CC2. The normalized spacial score (nSPS) is 17.6. The molecule has 2 N–H and O–H groups in total. The number of aromatic nitrogens is 3. The first-order valence-electron chi connectivity index (χ1n) is 13.5. The number of benzene rings is 1. The van der Waals surface area contributed by atoms with Crippen molar-refractivity contribution in [2.45, 2.75) is 62.9 Å². The van der Waals surface area contributed by atoms with E-state index in [0.717, 1.165) is 36.0 Å². The summed E-state index contributed by atoms with van der Waals surface area (Å²) in [5.41, 5.74) is 4.40. The summed E-state index contributed by atoms with van der Waals surface area (Å²) in [6, 6.07) is 8.75. The van der Waals surface area contributed by atoms with Crippen molar-refractivity contribution in [3.8, 4) is 0 Å². The number of rotatable bonds is 6. The van der Waals surface area contributed by atoms with E-state index in [1.165, 1.54) is 35.3 Å². The predicted molar refractivity (Wildman–Crippen MR) is 154 cm³/mol. The molecule has 2 aliphatic rings. The number of nitrogens with one attached hydrogen (secondary N) is 1. The maximum atomic E-state index is 13.7. The standard InChI is InChI=1S/C29H35F3N6OS/c1-18(39)17-40-27-35-23-10-14-38(26-22(29(30,31)32)6-5-12-33-26)13-9-20(23)25(36-27)34-19-7-8-21-24(16-19)37(4)15-11-28(21,2)3/h5-8,12,16,18,39H,9-11,13-15,17H2,1-4H3,(H,34,35,36). The zero-order valence-electron chi connectivity index (χ0n) is 23.2. The number of halogens is 3. The van der Waals surface area contributed by atoms with Crippen LogP contribution < -0.4 is 15.1 Å². The Morgan fingerprint density at radius 1 is 1.12 bits per heavy atom. The molecule has 2 aliphatic heterocycles. The number of nitrogens with zero attached hydrogens (tertiary/aromatic N) is 5. The Hall–Kier alpha value is -3.05. The van der Waals surface area contributed by atoms with Gasteiger partial charge >= 0.3 is 6.18 Å². The van der Waals surface area contributed by atoms with Gasteiger partial charge in [-0.05, 0) is 55.0 Å². The number of alkyl halides is 3. The molecule has 0 amide bonds. The van der Waals surface area contributed by atoms with Gasteiger partial charge in [0, 0.05) is 62.0 Å². The van der Waals surface area contributed by atoms with Gasteiger partial charge in [-0.2, -0.15) is 13.2 Å². The van der Waals surface area contributed by atoms with Gasteiger partial charge in [0.1, 0.15) is 11.6 Å². The Labute approximate surface area is 237 Å². The van der Waals surface area contributed by atoms with Crippen LogP contribution >= 0.6 is 11.8 Å². The van der Waals surface area contributed by atoms with Gasteiger partial charge in [0.25, 0.3) is 0 Å². The second kappa shape index (κ2) is 11.1. The van der Waals surface area contributed by atoms with Crippen LogP contribution in [0.5, 0.6) is 0 Å². The van der Waals surface area contributed by atoms with Crippen molar-refractivity contribution < 1.29 is 18.3 Å². The van der Waals surface area contributed by atoms with E-state index < -0.39 is 17.8 Å². The van der Waals surface area contributed by atoms with E-state index >= 15 is 0 Å². The van der Waals surface area contributed by atoms with Crippen molar-refractivity contribution in [1.29, 1.82) is 0 Å². The molecule has 1 atom stereocenters. The monoisotopic (exact) mass is 572 g/mol. The lowest BCUT2D eigenvalue weighted by atomic mass is 9.78. The molecule has 0 saturated carbocycles. The molecule has 0 saturated heterocycles. The molecule has 40 heavy (non-hydrogen) atoms. The molecule has 7 nitrogen and oxygen atoms in total. The molecule has 1 aromatic carbocycles. The fraction of sp³-hybridized carbons (Fsp3) is 0.483. The molecule has 0 aliphatic carbocycles. The Balaban J connectivity index is 1.48. The maximum absolute atomic E-state index is 13.7. The third-order valence-corrected chi connectivity index (χ3v) is 8.73. The molecule has 0 fully saturated rings. The lowest BCUT2D eigenvalue weighted by Gasteiger charge is -2.38. The van der Waals surface area contributed by atoms with Crippen LogP contribution in [0.2, 0.25) is 0 Å². The number of thioether (sulfide) groups is 1. The van der Waals surface area contributed by atoms with Crippen molar-refractivity contribution in [1.82, 2.24) is 15.0 Å². The first kappa shape index (κ1) is 28.5. The number of aliphatic hydroxyl groups excluding tert-OH is 1. The Bertz CT molecular complexity index is 1380. The van der Waals surface area contributed by atoms with Gasteiger partial charge in [-0.3, -0.25) is 0 Å². The van der Waals surface area contributed by atoms with Crippen LogP contribution in [0.25, 0.3) is 0 Å². The highest BCUT2D eigenvalue weighted by atomic mass is 32.2. The Morgan fingerprint density at radius 3 is 2.65 bits per heavy atom. The van der Waals surface area contributed by atoms with Crippen LogP contribution in [0, 0.1) is 0 Å². The number of hydrogen-bond acceptors (Lipinski definition) is 8. The van der Waals surface area contributed by atoms with Gasteiger partial charge in [-0.15, -0.1) is 0 Å². The third kappa shape index (κ3) is 6.00. The topological polar surface area (TPSA) is 77.4 Å². The second-order valence-corrected chi connectivity index (χ2v) is 12.2. The molecular formula is C29H35F3N6OS. The van der Waals surface area contributed by atoms with Crippen LogP contribution in [0.1, 0.15) is 49.6 Å². The van der Waals surface area contributed by atoms with Crippen molar-refractivity contribution in [2.75, 3.05) is 47.6 Å². The average Bonchev–Trinajstić information content (AvgIpc) is 3.12. The van der Waals surface area contributed by atoms with Gasteiger partial charge in [-0.1, -0.05) is 31.7 Å². The minimum atomic E-state index is -4.49. The zero-order chi connectivity index (χ0) is 28.7. The van der Waals surface area contributed by atoms with Gasteiger partial charge < -0.3 is 20.2 Å². The van der Waals surface area contributed by atoms with E-state index in [-0.39, 0.29) is 11.2 Å². The summed E-state index contributed by atoms with van der Waals surface area (Å²) in [5, 5.41) is 13.9. The minimum absolute atomic E-state index is 0.0608. The molecule has 2 aromatic heterocycles. The van der Waals surface area contributed by atoms with Crippen LogP contribution in [0.4, 0.5) is 36.2 Å². The predicted octanol–water partition coefficient (Wildman–Crippen LogP) is 5.83. The molecule has 11 heteroatoms. The summed E-state index contributed by atoms with van der Waals surface area (Å²) in [5.74, 6) is 1.02. The van der Waals surface area contributed by atoms with E-state index in [1.807, 2.05) is 0 Å². The third-order valence-electron chi connectivity index (χ3n) is 7.64. The van der Waals surface area contributed by atoms with E-state index in [9.17, 15) is 18.3 Å². The Morgan fingerprint density at radius 2 is 1.90 bits per heavy atom. The lowest BCUT2D eigenvalue weighted by molar-refractivity contribution is -0.137. The lowest BCUT2D eigenvalue weighted by Crippen LogP contribution is -2.34. The van der Waals surface area contributed by atoms with E-state index in [0.29, 0.717) is 42.7 Å². The van der Waals surface area contributed by atoms with E-state index in [1.54, 1.807) is 11.8 Å². The van der Waals surface area contributed by atoms with Crippen LogP contribution in [-0.2, 0) is 24.4 Å². The number of aliphatic hydroxyl groups is 1. The summed E-state index contributed by atoms with van der Waals surface area (Å²) >= 11 is 1.36. The van der Waals surface area contributed by atoms with Gasteiger partial charge in [0.05, 0.1) is 17.4 Å². The van der Waals surface area contributed by atoms with Crippen LogP contribution in [0.3, 0.4) is 0 Å². The highest BCUT2D eigenvalue weighted by Crippen LogP contribution is 2.41. The number of fused-ring (bicyclic) bond motifs is 2. The first-order valence-corrected chi connectivity index (χ1v) is 14.5. The molecule has 1 unspecified atom stereocenters. The largest absolute Gasteiger partial charge is 0.419 e. The molecule has 0 spiro atoms. The quantitative estimate of drug-likeness (QED) is 0.282. The molecule has 3 aromatic rings. The summed E-state index contributed by atoms with van der Waals surface area (Å²) in [4.78, 5) is 17.6. The number of anilines is 4. The molecule has 214 valence electrons. The molecule has 4 heterocycles. The second-order valence-electron chi connectivity index (χ2n) is 11.2. The fourth-order valence-corrected chi connectivity index (χ4v) is 6.08. The number of hydrogen-bond donors (Lipinski definition) is 2. The molecular weight excluding hydrogens is 537 g/mol. The summed E-state index contributed by atoms with van der Waals surface area (Å²) < 4.78 is 41.2. The number of pyridine rings is 1. The van der Waals surface area contributed by atoms with Gasteiger partial charge in [-0.25, -0.2) is 15.0 Å². The van der Waals surface area contributed by atoms with Crippen LogP contribution in [-0.4, -0.2) is 58.6 Å². The Kier molecular flexibility index (Phi) is 7.89. The maximum Gasteiger partial charge on any atom is 0.419 e. The van der Waals surface area contributed by atoms with E-state index in [4.69, 9.17) is 9.97 Å². The van der Waals surface area contributed by atoms with Crippen LogP contribution in [0.15, 0.2) is 41.7 Å². The molecule has 5 rings (SSSR count). The van der Waals surface area contributed by atoms with Gasteiger partial charge in [0.15, 0.2) is 5.16 Å². The summed E-state index contributed by atoms with van der Waals surface area (Å²) in [6.45, 7) is 7.91. The highest BCUT2D eigenvalue weighted by molar-refractivity contribution is 7.99. The van der Waals surface area contributed by atoms with Crippen molar-refractivity contribution in [3.63, 3.8) is 0 Å². The van der Waals surface area contributed by atoms with Crippen molar-refractivity contribution in [3.05, 3.63) is 58.9 Å². The molecule has 0 bridgehead atoms. The smallest absolute Gasteiger partial charge is 0.393 e. The van der Waals surface area contributed by atoms with Gasteiger partial charge in [0.2, 0.25) is 0 Å². The van der Waals surface area contributed by atoms with Crippen molar-refractivity contribution in [2.24, 2.45) is 0 Å².